The molecule has 0 aliphatic carbocycles. The van der Waals surface area contributed by atoms with Crippen LogP contribution in [0.2, 0.25) is 0 Å². The minimum Gasteiger partial charge on any atom is -0.463 e. The fourth-order valence-corrected chi connectivity index (χ4v) is 2.16. The molecule has 0 bridgehead atoms. The van der Waals surface area contributed by atoms with Gasteiger partial charge in [0.1, 0.15) is 12.2 Å². The van der Waals surface area contributed by atoms with Crippen LogP contribution < -0.4 is 5.73 Å². The Hall–Kier alpha value is -0.910. The number of hydrogen-bond acceptors (Lipinski definition) is 5. The smallest absolute Gasteiger partial charge is 0.333 e. The van der Waals surface area contributed by atoms with Gasteiger partial charge in [-0.3, -0.25) is 0 Å². The molecule has 2 atom stereocenters. The number of carbonyl (C=O) groups excluding carboxylic acids is 1. The summed E-state index contributed by atoms with van der Waals surface area (Å²) >= 11 is 0. The summed E-state index contributed by atoms with van der Waals surface area (Å²) in [5.41, 5.74) is 6.24. The van der Waals surface area contributed by atoms with Crippen molar-refractivity contribution in [1.29, 1.82) is 0 Å². The summed E-state index contributed by atoms with van der Waals surface area (Å²) in [6, 6.07) is 0. The Balaban J connectivity index is 2.82. The van der Waals surface area contributed by atoms with Crippen molar-refractivity contribution in [3.05, 3.63) is 11.6 Å². The largest absolute Gasteiger partial charge is 0.463 e. The zero-order valence-corrected chi connectivity index (χ0v) is 12.3. The third-order valence-electron chi connectivity index (χ3n) is 3.40. The van der Waals surface area contributed by atoms with Crippen LogP contribution in [-0.4, -0.2) is 37.1 Å². The van der Waals surface area contributed by atoms with Crippen molar-refractivity contribution in [3.63, 3.8) is 0 Å². The van der Waals surface area contributed by atoms with Gasteiger partial charge in [-0.2, -0.15) is 0 Å². The van der Waals surface area contributed by atoms with Crippen molar-refractivity contribution in [3.8, 4) is 0 Å². The van der Waals surface area contributed by atoms with Crippen molar-refractivity contribution in [2.75, 3.05) is 13.2 Å². The molecule has 1 aliphatic heterocycles. The standard InChI is InChI=1S/C14H25NO4/c1-5-14(6-2)18-11(12(9-15)19-14)8-10(4)13(16)17-7-3/h8,11-12H,5-7,9,15H2,1-4H3/b10-8+. The highest BCUT2D eigenvalue weighted by atomic mass is 16.8. The summed E-state index contributed by atoms with van der Waals surface area (Å²) in [6.45, 7) is 8.25. The van der Waals surface area contributed by atoms with Crippen molar-refractivity contribution in [2.45, 2.75) is 58.5 Å². The first-order valence-electron chi connectivity index (χ1n) is 6.93. The summed E-state index contributed by atoms with van der Waals surface area (Å²) in [5.74, 6) is -0.910. The molecule has 19 heavy (non-hydrogen) atoms. The van der Waals surface area contributed by atoms with Crippen LogP contribution in [0.5, 0.6) is 0 Å². The molecule has 1 rings (SSSR count). The second-order valence-corrected chi connectivity index (χ2v) is 4.66. The number of ether oxygens (including phenoxy) is 3. The van der Waals surface area contributed by atoms with Crippen molar-refractivity contribution < 1.29 is 19.0 Å². The van der Waals surface area contributed by atoms with Crippen LogP contribution in [0.3, 0.4) is 0 Å². The first-order chi connectivity index (χ1) is 9.01. The predicted octanol–water partition coefficient (Wildman–Crippen LogP) is 1.75. The van der Waals surface area contributed by atoms with Crippen LogP contribution in [0, 0.1) is 0 Å². The van der Waals surface area contributed by atoms with Gasteiger partial charge in [0.05, 0.1) is 6.61 Å². The zero-order chi connectivity index (χ0) is 14.5. The van der Waals surface area contributed by atoms with Gasteiger partial charge in [0.25, 0.3) is 0 Å². The summed E-state index contributed by atoms with van der Waals surface area (Å²) in [6.07, 6.45) is 2.74. The molecule has 1 saturated heterocycles. The molecule has 0 saturated carbocycles. The van der Waals surface area contributed by atoms with Crippen LogP contribution in [0.1, 0.15) is 40.5 Å². The first-order valence-corrected chi connectivity index (χ1v) is 6.93. The van der Waals surface area contributed by atoms with E-state index < -0.39 is 5.79 Å². The van der Waals surface area contributed by atoms with E-state index in [1.807, 2.05) is 13.8 Å². The lowest BCUT2D eigenvalue weighted by Crippen LogP contribution is -2.31. The van der Waals surface area contributed by atoms with E-state index in [0.29, 0.717) is 18.7 Å². The van der Waals surface area contributed by atoms with Crippen LogP contribution in [0.4, 0.5) is 0 Å². The number of nitrogens with two attached hydrogens (primary N) is 1. The summed E-state index contributed by atoms with van der Waals surface area (Å²) < 4.78 is 16.8. The molecule has 5 heteroatoms. The Bertz CT molecular complexity index is 336. The molecule has 1 heterocycles. The maximum Gasteiger partial charge on any atom is 0.333 e. The van der Waals surface area contributed by atoms with Gasteiger partial charge in [-0.1, -0.05) is 13.8 Å². The van der Waals surface area contributed by atoms with E-state index >= 15 is 0 Å². The highest BCUT2D eigenvalue weighted by molar-refractivity contribution is 5.87. The Morgan fingerprint density at radius 3 is 2.42 bits per heavy atom. The number of carbonyl (C=O) groups is 1. The average Bonchev–Trinajstić information content (AvgIpc) is 2.77. The van der Waals surface area contributed by atoms with E-state index in [2.05, 4.69) is 0 Å². The van der Waals surface area contributed by atoms with Crippen LogP contribution in [-0.2, 0) is 19.0 Å². The highest BCUT2D eigenvalue weighted by Crippen LogP contribution is 2.35. The quantitative estimate of drug-likeness (QED) is 0.588. The lowest BCUT2D eigenvalue weighted by atomic mass is 10.1. The van der Waals surface area contributed by atoms with Gasteiger partial charge in [-0.25, -0.2) is 4.79 Å². The SMILES string of the molecule is CCOC(=O)/C(C)=C/C1OC(CC)(CC)OC1CN. The van der Waals surface area contributed by atoms with Crippen LogP contribution >= 0.6 is 0 Å². The molecule has 0 amide bonds. The van der Waals surface area contributed by atoms with E-state index in [1.54, 1.807) is 19.9 Å². The zero-order valence-electron chi connectivity index (χ0n) is 12.3. The summed E-state index contributed by atoms with van der Waals surface area (Å²) in [5, 5.41) is 0. The summed E-state index contributed by atoms with van der Waals surface area (Å²) in [4.78, 5) is 11.6. The van der Waals surface area contributed by atoms with Gasteiger partial charge < -0.3 is 19.9 Å². The van der Waals surface area contributed by atoms with Gasteiger partial charge in [-0.15, -0.1) is 0 Å². The first kappa shape index (κ1) is 16.1. The molecule has 1 aliphatic rings. The van der Waals surface area contributed by atoms with E-state index in [9.17, 15) is 4.79 Å². The van der Waals surface area contributed by atoms with Crippen molar-refractivity contribution in [1.82, 2.24) is 0 Å². The molecule has 5 nitrogen and oxygen atoms in total. The second kappa shape index (κ2) is 7.03. The normalized spacial score (nSPS) is 26.5. The molecule has 0 aromatic carbocycles. The van der Waals surface area contributed by atoms with Crippen molar-refractivity contribution >= 4 is 5.97 Å². The van der Waals surface area contributed by atoms with E-state index in [1.165, 1.54) is 0 Å². The molecular formula is C14H25NO4. The predicted molar refractivity (Wildman–Crippen MR) is 72.5 cm³/mol. The maximum atomic E-state index is 11.6. The van der Waals surface area contributed by atoms with E-state index in [-0.39, 0.29) is 18.2 Å². The molecule has 2 N–H and O–H groups in total. The van der Waals surface area contributed by atoms with Crippen molar-refractivity contribution in [2.24, 2.45) is 5.73 Å². The van der Waals surface area contributed by atoms with Crippen LogP contribution in [0.25, 0.3) is 0 Å². The molecule has 0 radical (unpaired) electrons. The Morgan fingerprint density at radius 1 is 1.32 bits per heavy atom. The average molecular weight is 271 g/mol. The van der Waals surface area contributed by atoms with Gasteiger partial charge in [0.15, 0.2) is 5.79 Å². The third-order valence-corrected chi connectivity index (χ3v) is 3.40. The topological polar surface area (TPSA) is 70.8 Å². The van der Waals surface area contributed by atoms with Gasteiger partial charge >= 0.3 is 5.97 Å². The third kappa shape index (κ3) is 3.78. The number of esters is 1. The fraction of sp³-hybridized carbons (Fsp3) is 0.786. The maximum absolute atomic E-state index is 11.6. The number of hydrogen-bond donors (Lipinski definition) is 1. The van der Waals surface area contributed by atoms with E-state index in [4.69, 9.17) is 19.9 Å². The number of rotatable bonds is 6. The van der Waals surface area contributed by atoms with E-state index in [0.717, 1.165) is 12.8 Å². The molecule has 0 aromatic heterocycles. The van der Waals surface area contributed by atoms with Gasteiger partial charge in [0, 0.05) is 12.1 Å². The van der Waals surface area contributed by atoms with Gasteiger partial charge in [-0.05, 0) is 32.8 Å². The molecule has 0 spiro atoms. The Morgan fingerprint density at radius 2 is 1.95 bits per heavy atom. The molecule has 110 valence electrons. The molecule has 0 aromatic rings. The van der Waals surface area contributed by atoms with Gasteiger partial charge in [0.2, 0.25) is 0 Å². The lowest BCUT2D eigenvalue weighted by molar-refractivity contribution is -0.175. The highest BCUT2D eigenvalue weighted by Gasteiger charge is 2.43. The summed E-state index contributed by atoms with van der Waals surface area (Å²) in [7, 11) is 0. The van der Waals surface area contributed by atoms with Crippen LogP contribution in [0.15, 0.2) is 11.6 Å². The Labute approximate surface area is 115 Å². The molecular weight excluding hydrogens is 246 g/mol. The molecule has 1 fully saturated rings. The molecule has 2 unspecified atom stereocenters. The lowest BCUT2D eigenvalue weighted by Gasteiger charge is -2.24. The minimum absolute atomic E-state index is 0.218. The Kier molecular flexibility index (Phi) is 5.97. The monoisotopic (exact) mass is 271 g/mol. The second-order valence-electron chi connectivity index (χ2n) is 4.66. The minimum atomic E-state index is -0.583. The fourth-order valence-electron chi connectivity index (χ4n) is 2.16.